The van der Waals surface area contributed by atoms with Crippen molar-refractivity contribution in [2.75, 3.05) is 26.8 Å². The zero-order chi connectivity index (χ0) is 18.9. The van der Waals surface area contributed by atoms with E-state index in [-0.39, 0.29) is 24.0 Å². The van der Waals surface area contributed by atoms with Crippen LogP contribution in [0.1, 0.15) is 30.6 Å². The summed E-state index contributed by atoms with van der Waals surface area (Å²) < 4.78 is 9.15. The highest BCUT2D eigenvalue weighted by molar-refractivity contribution is 14.0. The summed E-state index contributed by atoms with van der Waals surface area (Å²) in [5.74, 6) is 2.54. The second-order valence-electron chi connectivity index (χ2n) is 6.22. The van der Waals surface area contributed by atoms with Crippen LogP contribution in [-0.4, -0.2) is 62.2 Å². The number of aromatic nitrogens is 5. The molecule has 0 aliphatic rings. The molecule has 0 radical (unpaired) electrons. The van der Waals surface area contributed by atoms with Crippen LogP contribution in [0.5, 0.6) is 0 Å². The first-order chi connectivity index (χ1) is 12.5. The predicted octanol–water partition coefficient (Wildman–Crippen LogP) is 1.48. The lowest BCUT2D eigenvalue weighted by Gasteiger charge is -2.22. The normalized spacial score (nSPS) is 11.4. The number of aryl methyl sites for hydroxylation is 2. The summed E-state index contributed by atoms with van der Waals surface area (Å²) in [6.07, 6.45) is 4.81. The van der Waals surface area contributed by atoms with Crippen LogP contribution in [0.2, 0.25) is 0 Å². The predicted molar refractivity (Wildman–Crippen MR) is 116 cm³/mol. The molecule has 2 rings (SSSR count). The van der Waals surface area contributed by atoms with Crippen molar-refractivity contribution in [3.63, 3.8) is 0 Å². The van der Waals surface area contributed by atoms with Gasteiger partial charge < -0.3 is 19.5 Å². The first-order valence-corrected chi connectivity index (χ1v) is 8.90. The SMILES string of the molecule is CCOCCCNC(=NCc1nnc(C)n1C)N(C)Cc1cnn(C)c1.I. The summed E-state index contributed by atoms with van der Waals surface area (Å²) in [5, 5.41) is 15.9. The van der Waals surface area contributed by atoms with Crippen molar-refractivity contribution >= 4 is 29.9 Å². The molecule has 0 unspecified atom stereocenters. The maximum absolute atomic E-state index is 5.40. The number of ether oxygens (including phenoxy) is 1. The van der Waals surface area contributed by atoms with Crippen LogP contribution < -0.4 is 5.32 Å². The number of nitrogens with zero attached hydrogens (tertiary/aromatic N) is 7. The molecular formula is C17H31IN8O. The highest BCUT2D eigenvalue weighted by Crippen LogP contribution is 2.04. The minimum atomic E-state index is 0. The molecule has 0 saturated heterocycles. The van der Waals surface area contributed by atoms with E-state index in [9.17, 15) is 0 Å². The molecule has 1 N–H and O–H groups in total. The van der Waals surface area contributed by atoms with Crippen molar-refractivity contribution in [2.24, 2.45) is 19.1 Å². The van der Waals surface area contributed by atoms with Gasteiger partial charge in [0.25, 0.3) is 0 Å². The molecule has 2 aromatic rings. The van der Waals surface area contributed by atoms with Crippen molar-refractivity contribution in [1.29, 1.82) is 0 Å². The Labute approximate surface area is 178 Å². The zero-order valence-electron chi connectivity index (χ0n) is 16.8. The van der Waals surface area contributed by atoms with E-state index in [0.717, 1.165) is 55.9 Å². The summed E-state index contributed by atoms with van der Waals surface area (Å²) in [6, 6.07) is 0. The molecule has 0 fully saturated rings. The second kappa shape index (κ2) is 11.9. The standard InChI is InChI=1S/C17H30N8O.HI/c1-6-26-9-7-8-18-17(19-11-16-22-21-14(2)25(16)5)23(3)12-15-10-20-24(4)13-15;/h10,13H,6-9,11-12H2,1-5H3,(H,18,19);1H. The number of aliphatic imine (C=N–C) groups is 1. The van der Waals surface area contributed by atoms with E-state index >= 15 is 0 Å². The molecule has 0 aliphatic heterocycles. The monoisotopic (exact) mass is 490 g/mol. The molecule has 27 heavy (non-hydrogen) atoms. The molecule has 0 aliphatic carbocycles. The smallest absolute Gasteiger partial charge is 0.194 e. The number of halogens is 1. The molecule has 10 heteroatoms. The lowest BCUT2D eigenvalue weighted by atomic mass is 10.3. The number of hydrogen-bond donors (Lipinski definition) is 1. The van der Waals surface area contributed by atoms with Crippen LogP contribution in [0.15, 0.2) is 17.4 Å². The Balaban J connectivity index is 0.00000364. The minimum Gasteiger partial charge on any atom is -0.382 e. The Morgan fingerprint density at radius 2 is 2.11 bits per heavy atom. The van der Waals surface area contributed by atoms with E-state index in [0.29, 0.717) is 6.54 Å². The average molecular weight is 490 g/mol. The van der Waals surface area contributed by atoms with Gasteiger partial charge in [0.1, 0.15) is 12.4 Å². The molecule has 0 spiro atoms. The Hall–Kier alpha value is -1.69. The Morgan fingerprint density at radius 3 is 2.70 bits per heavy atom. The molecule has 0 amide bonds. The van der Waals surface area contributed by atoms with Crippen LogP contribution in [0.25, 0.3) is 0 Å². The van der Waals surface area contributed by atoms with E-state index in [4.69, 9.17) is 9.73 Å². The zero-order valence-corrected chi connectivity index (χ0v) is 19.2. The van der Waals surface area contributed by atoms with Gasteiger partial charge >= 0.3 is 0 Å². The van der Waals surface area contributed by atoms with Gasteiger partial charge in [0.05, 0.1) is 6.20 Å². The number of nitrogens with one attached hydrogen (secondary N) is 1. The fraction of sp³-hybridized carbons (Fsp3) is 0.647. The maximum Gasteiger partial charge on any atom is 0.194 e. The third-order valence-corrected chi connectivity index (χ3v) is 4.05. The largest absolute Gasteiger partial charge is 0.382 e. The number of hydrogen-bond acceptors (Lipinski definition) is 5. The summed E-state index contributed by atoms with van der Waals surface area (Å²) in [5.41, 5.74) is 1.13. The lowest BCUT2D eigenvalue weighted by Crippen LogP contribution is -2.39. The van der Waals surface area contributed by atoms with E-state index in [1.54, 1.807) is 4.68 Å². The molecule has 0 bridgehead atoms. The van der Waals surface area contributed by atoms with E-state index in [1.165, 1.54) is 0 Å². The summed E-state index contributed by atoms with van der Waals surface area (Å²) in [4.78, 5) is 6.81. The van der Waals surface area contributed by atoms with Crippen molar-refractivity contribution in [1.82, 2.24) is 34.8 Å². The van der Waals surface area contributed by atoms with Crippen molar-refractivity contribution < 1.29 is 4.74 Å². The van der Waals surface area contributed by atoms with E-state index in [1.807, 2.05) is 52.0 Å². The van der Waals surface area contributed by atoms with Crippen LogP contribution in [0.4, 0.5) is 0 Å². The lowest BCUT2D eigenvalue weighted by molar-refractivity contribution is 0.145. The Kier molecular flexibility index (Phi) is 10.3. The van der Waals surface area contributed by atoms with Crippen molar-refractivity contribution in [3.8, 4) is 0 Å². The molecule has 152 valence electrons. The van der Waals surface area contributed by atoms with Crippen LogP contribution in [0, 0.1) is 6.92 Å². The highest BCUT2D eigenvalue weighted by atomic mass is 127. The first kappa shape index (κ1) is 23.3. The van der Waals surface area contributed by atoms with Crippen LogP contribution in [0.3, 0.4) is 0 Å². The second-order valence-corrected chi connectivity index (χ2v) is 6.22. The number of rotatable bonds is 9. The van der Waals surface area contributed by atoms with Crippen LogP contribution in [-0.2, 0) is 31.9 Å². The van der Waals surface area contributed by atoms with Gasteiger partial charge in [-0.25, -0.2) is 4.99 Å². The van der Waals surface area contributed by atoms with Gasteiger partial charge in [0, 0.05) is 59.2 Å². The van der Waals surface area contributed by atoms with E-state index in [2.05, 4.69) is 25.5 Å². The van der Waals surface area contributed by atoms with Gasteiger partial charge in [-0.05, 0) is 20.3 Å². The Morgan fingerprint density at radius 1 is 1.33 bits per heavy atom. The quantitative estimate of drug-likeness (QED) is 0.248. The molecule has 2 heterocycles. The highest BCUT2D eigenvalue weighted by Gasteiger charge is 2.10. The van der Waals surface area contributed by atoms with Gasteiger partial charge in [0.15, 0.2) is 11.8 Å². The average Bonchev–Trinajstić information content (AvgIpc) is 3.16. The molecule has 0 atom stereocenters. The van der Waals surface area contributed by atoms with Crippen LogP contribution >= 0.6 is 24.0 Å². The first-order valence-electron chi connectivity index (χ1n) is 8.90. The van der Waals surface area contributed by atoms with Crippen molar-refractivity contribution in [3.05, 3.63) is 29.6 Å². The molecular weight excluding hydrogens is 459 g/mol. The molecule has 0 saturated carbocycles. The van der Waals surface area contributed by atoms with Crippen molar-refractivity contribution in [2.45, 2.75) is 33.4 Å². The molecule has 9 nitrogen and oxygen atoms in total. The van der Waals surface area contributed by atoms with Gasteiger partial charge in [-0.15, -0.1) is 34.2 Å². The summed E-state index contributed by atoms with van der Waals surface area (Å²) in [7, 11) is 5.89. The topological polar surface area (TPSA) is 85.4 Å². The third kappa shape index (κ3) is 7.45. The number of guanidine groups is 1. The fourth-order valence-electron chi connectivity index (χ4n) is 2.47. The Bertz CT molecular complexity index is 712. The van der Waals surface area contributed by atoms with Gasteiger partial charge in [0.2, 0.25) is 0 Å². The summed E-state index contributed by atoms with van der Waals surface area (Å²) in [6.45, 7) is 7.42. The van der Waals surface area contributed by atoms with Gasteiger partial charge in [-0.3, -0.25) is 4.68 Å². The fourth-order valence-corrected chi connectivity index (χ4v) is 2.47. The van der Waals surface area contributed by atoms with Gasteiger partial charge in [-0.2, -0.15) is 5.10 Å². The molecule has 0 aromatic carbocycles. The third-order valence-electron chi connectivity index (χ3n) is 4.05. The molecule has 2 aromatic heterocycles. The van der Waals surface area contributed by atoms with E-state index < -0.39 is 0 Å². The minimum absolute atomic E-state index is 0. The summed E-state index contributed by atoms with van der Waals surface area (Å²) >= 11 is 0. The maximum atomic E-state index is 5.40. The van der Waals surface area contributed by atoms with Gasteiger partial charge in [-0.1, -0.05) is 0 Å².